The van der Waals surface area contributed by atoms with E-state index < -0.39 is 57.7 Å². The minimum atomic E-state index is -5.18. The number of rotatable bonds is 4. The zero-order chi connectivity index (χ0) is 25.6. The summed E-state index contributed by atoms with van der Waals surface area (Å²) in [6.07, 6.45) is -10.00. The molecule has 0 fully saturated rings. The summed E-state index contributed by atoms with van der Waals surface area (Å²) >= 11 is 4.85. The summed E-state index contributed by atoms with van der Waals surface area (Å²) in [7, 11) is 0.796. The third-order valence-electron chi connectivity index (χ3n) is 4.64. The summed E-state index contributed by atoms with van der Waals surface area (Å²) < 4.78 is 81.9. The van der Waals surface area contributed by atoms with Crippen LogP contribution in [0.15, 0.2) is 44.1 Å². The minimum Gasteiger partial charge on any atom is -0.493 e. The molecule has 0 atom stereocenters. The number of benzene rings is 1. The SMILES string of the molecule is CCn1c(O)c(/N=N/c2c(C(F)(F)F)n(C)n(-c3cccc(C(F)(F)F)c3)c2=O)c(=O)[nH]c1=S. The summed E-state index contributed by atoms with van der Waals surface area (Å²) in [4.78, 5) is 27.0. The fourth-order valence-corrected chi connectivity index (χ4v) is 3.44. The molecule has 0 amide bonds. The third-order valence-corrected chi connectivity index (χ3v) is 4.97. The molecule has 0 saturated carbocycles. The Morgan fingerprint density at radius 3 is 2.24 bits per heavy atom. The van der Waals surface area contributed by atoms with E-state index in [9.17, 15) is 41.0 Å². The number of nitrogens with zero attached hydrogens (tertiary/aromatic N) is 5. The van der Waals surface area contributed by atoms with E-state index in [1.54, 1.807) is 6.92 Å². The van der Waals surface area contributed by atoms with Crippen LogP contribution in [0.1, 0.15) is 18.2 Å². The molecule has 2 N–H and O–H groups in total. The molecular formula is C18H14F6N6O3S. The average molecular weight is 508 g/mol. The van der Waals surface area contributed by atoms with Crippen LogP contribution < -0.4 is 11.1 Å². The Morgan fingerprint density at radius 1 is 1.06 bits per heavy atom. The first kappa shape index (κ1) is 24.9. The molecule has 34 heavy (non-hydrogen) atoms. The highest BCUT2D eigenvalue weighted by Gasteiger charge is 2.41. The maximum Gasteiger partial charge on any atom is 0.435 e. The van der Waals surface area contributed by atoms with E-state index in [2.05, 4.69) is 15.2 Å². The highest BCUT2D eigenvalue weighted by Crippen LogP contribution is 2.37. The van der Waals surface area contributed by atoms with Crippen molar-refractivity contribution in [1.29, 1.82) is 0 Å². The molecule has 1 aromatic carbocycles. The zero-order valence-electron chi connectivity index (χ0n) is 17.2. The van der Waals surface area contributed by atoms with Crippen LogP contribution >= 0.6 is 12.2 Å². The summed E-state index contributed by atoms with van der Waals surface area (Å²) in [6, 6.07) is 3.10. The second-order valence-electron chi connectivity index (χ2n) is 6.76. The molecule has 0 radical (unpaired) electrons. The van der Waals surface area contributed by atoms with Crippen molar-refractivity contribution in [2.45, 2.75) is 25.8 Å². The summed E-state index contributed by atoms with van der Waals surface area (Å²) in [5.41, 5.74) is -8.03. The van der Waals surface area contributed by atoms with E-state index in [1.807, 2.05) is 0 Å². The van der Waals surface area contributed by atoms with Crippen molar-refractivity contribution >= 4 is 23.6 Å². The van der Waals surface area contributed by atoms with Crippen LogP contribution in [0.25, 0.3) is 5.69 Å². The largest absolute Gasteiger partial charge is 0.493 e. The van der Waals surface area contributed by atoms with E-state index in [-0.39, 0.29) is 16.0 Å². The fraction of sp³-hybridized carbons (Fsp3) is 0.278. The van der Waals surface area contributed by atoms with Gasteiger partial charge in [0.2, 0.25) is 11.6 Å². The van der Waals surface area contributed by atoms with Crippen molar-refractivity contribution in [2.24, 2.45) is 17.3 Å². The van der Waals surface area contributed by atoms with E-state index >= 15 is 0 Å². The van der Waals surface area contributed by atoms with Crippen molar-refractivity contribution in [3.63, 3.8) is 0 Å². The first-order chi connectivity index (χ1) is 15.7. The third kappa shape index (κ3) is 4.40. The van der Waals surface area contributed by atoms with Gasteiger partial charge >= 0.3 is 12.4 Å². The van der Waals surface area contributed by atoms with Gasteiger partial charge in [-0.1, -0.05) is 6.07 Å². The second-order valence-corrected chi connectivity index (χ2v) is 7.15. The lowest BCUT2D eigenvalue weighted by atomic mass is 10.2. The van der Waals surface area contributed by atoms with Gasteiger partial charge in [0, 0.05) is 13.6 Å². The average Bonchev–Trinajstić information content (AvgIpc) is 2.97. The quantitative estimate of drug-likeness (QED) is 0.306. The standard InChI is InChI=1S/C18H14F6N6O3S/c1-3-29-14(32)11(13(31)25-16(29)34)27-26-10-12(18(22,23)24)28(2)30(15(10)33)9-6-4-5-8(7-9)17(19,20)21/h4-7,32H,3H2,1-2H3,(H,25,31,34)/b27-26+. The monoisotopic (exact) mass is 508 g/mol. The molecule has 2 heterocycles. The Kier molecular flexibility index (Phi) is 6.30. The normalized spacial score (nSPS) is 12.6. The van der Waals surface area contributed by atoms with Crippen LogP contribution in [-0.4, -0.2) is 24.0 Å². The van der Waals surface area contributed by atoms with E-state index in [0.29, 0.717) is 16.8 Å². The van der Waals surface area contributed by atoms with Gasteiger partial charge in [0.15, 0.2) is 16.2 Å². The van der Waals surface area contributed by atoms with Crippen LogP contribution in [0.5, 0.6) is 5.88 Å². The van der Waals surface area contributed by atoms with Gasteiger partial charge in [-0.2, -0.15) is 26.3 Å². The van der Waals surface area contributed by atoms with Gasteiger partial charge in [0.25, 0.3) is 11.1 Å². The first-order valence-electron chi connectivity index (χ1n) is 9.23. The predicted octanol–water partition coefficient (Wildman–Crippen LogP) is 4.57. The predicted molar refractivity (Wildman–Crippen MR) is 108 cm³/mol. The second kappa shape index (κ2) is 8.58. The molecule has 0 bridgehead atoms. The number of H-pyrrole nitrogens is 1. The zero-order valence-corrected chi connectivity index (χ0v) is 18.0. The van der Waals surface area contributed by atoms with Gasteiger partial charge in [-0.3, -0.25) is 23.8 Å². The molecule has 0 aliphatic heterocycles. The Morgan fingerprint density at radius 2 is 1.68 bits per heavy atom. The lowest BCUT2D eigenvalue weighted by Gasteiger charge is -2.13. The molecule has 3 rings (SSSR count). The number of azo groups is 1. The van der Waals surface area contributed by atoms with E-state index in [1.165, 1.54) is 0 Å². The molecule has 0 aliphatic rings. The van der Waals surface area contributed by atoms with Gasteiger partial charge in [-0.25, -0.2) is 4.68 Å². The van der Waals surface area contributed by atoms with Gasteiger partial charge in [-0.05, 0) is 37.3 Å². The Balaban J connectivity index is 2.28. The Hall–Kier alpha value is -3.69. The van der Waals surface area contributed by atoms with Crippen LogP contribution in [-0.2, 0) is 25.9 Å². The van der Waals surface area contributed by atoms with Gasteiger partial charge in [0.05, 0.1) is 11.3 Å². The van der Waals surface area contributed by atoms with E-state index in [0.717, 1.165) is 23.7 Å². The Labute approximate surface area is 190 Å². The van der Waals surface area contributed by atoms with Crippen molar-refractivity contribution in [1.82, 2.24) is 18.9 Å². The van der Waals surface area contributed by atoms with E-state index in [4.69, 9.17) is 12.2 Å². The van der Waals surface area contributed by atoms with Gasteiger partial charge in [0.1, 0.15) is 0 Å². The van der Waals surface area contributed by atoms with Crippen molar-refractivity contribution in [3.8, 4) is 11.6 Å². The molecular weight excluding hydrogens is 494 g/mol. The molecule has 182 valence electrons. The fourth-order valence-electron chi connectivity index (χ4n) is 3.14. The van der Waals surface area contributed by atoms with Crippen molar-refractivity contribution in [2.75, 3.05) is 0 Å². The van der Waals surface area contributed by atoms with Crippen LogP contribution in [0.3, 0.4) is 0 Å². The molecule has 2 aromatic heterocycles. The molecule has 16 heteroatoms. The number of hydrogen-bond donors (Lipinski definition) is 2. The Bertz CT molecular complexity index is 1460. The van der Waals surface area contributed by atoms with Gasteiger partial charge < -0.3 is 5.11 Å². The van der Waals surface area contributed by atoms with Crippen molar-refractivity contribution in [3.05, 3.63) is 61.0 Å². The minimum absolute atomic E-state index is 0.0610. The van der Waals surface area contributed by atoms with Crippen LogP contribution in [0.2, 0.25) is 0 Å². The molecule has 3 aromatic rings. The number of halogens is 6. The summed E-state index contributed by atoms with van der Waals surface area (Å²) in [5.74, 6) is -0.803. The van der Waals surface area contributed by atoms with Crippen LogP contribution in [0.4, 0.5) is 37.7 Å². The molecule has 9 nitrogen and oxygen atoms in total. The first-order valence-corrected chi connectivity index (χ1v) is 9.64. The topological polar surface area (TPSA) is 110 Å². The smallest absolute Gasteiger partial charge is 0.435 e. The molecule has 0 spiro atoms. The lowest BCUT2D eigenvalue weighted by Crippen LogP contribution is -2.21. The molecule has 0 unspecified atom stereocenters. The van der Waals surface area contributed by atoms with Gasteiger partial charge in [-0.15, -0.1) is 10.2 Å². The molecule has 0 saturated heterocycles. The summed E-state index contributed by atoms with van der Waals surface area (Å²) in [5, 5.41) is 16.7. The lowest BCUT2D eigenvalue weighted by molar-refractivity contribution is -0.143. The highest BCUT2D eigenvalue weighted by atomic mass is 32.1. The number of nitrogens with one attached hydrogen (secondary N) is 1. The maximum absolute atomic E-state index is 13.8. The highest BCUT2D eigenvalue weighted by molar-refractivity contribution is 7.71. The van der Waals surface area contributed by atoms with Crippen molar-refractivity contribution < 1.29 is 31.4 Å². The number of aromatic nitrogens is 4. The number of aromatic amines is 1. The maximum atomic E-state index is 13.8. The molecule has 0 aliphatic carbocycles. The number of alkyl halides is 6. The summed E-state index contributed by atoms with van der Waals surface area (Å²) in [6.45, 7) is 1.60. The van der Waals surface area contributed by atoms with Crippen LogP contribution in [0, 0.1) is 4.77 Å². The number of aromatic hydroxyl groups is 1. The number of hydrogen-bond acceptors (Lipinski definition) is 6.